The van der Waals surface area contributed by atoms with E-state index in [1.54, 1.807) is 24.3 Å². The van der Waals surface area contributed by atoms with Crippen LogP contribution in [0.5, 0.6) is 0 Å². The Balaban J connectivity index is 1.88. The van der Waals surface area contributed by atoms with Gasteiger partial charge in [0.1, 0.15) is 0 Å². The van der Waals surface area contributed by atoms with Crippen molar-refractivity contribution in [2.24, 2.45) is 5.92 Å². The topological polar surface area (TPSA) is 98.3 Å². The molecule has 1 saturated heterocycles. The van der Waals surface area contributed by atoms with Crippen molar-refractivity contribution in [2.75, 3.05) is 6.54 Å². The number of hydrogen-bond acceptors (Lipinski definition) is 3. The summed E-state index contributed by atoms with van der Waals surface area (Å²) in [6.07, 6.45) is 3.68. The Morgan fingerprint density at radius 2 is 2.44 bits per heavy atom. The van der Waals surface area contributed by atoms with Crippen molar-refractivity contribution >= 4 is 12.0 Å². The van der Waals surface area contributed by atoms with Gasteiger partial charge in [-0.1, -0.05) is 0 Å². The molecule has 7 heteroatoms. The molecule has 3 N–H and O–H groups in total. The summed E-state index contributed by atoms with van der Waals surface area (Å²) in [7, 11) is 0. The van der Waals surface area contributed by atoms with Crippen LogP contribution in [0, 0.1) is 5.92 Å². The predicted molar refractivity (Wildman–Crippen MR) is 62.7 cm³/mol. The summed E-state index contributed by atoms with van der Waals surface area (Å²) in [4.78, 5) is 31.2. The van der Waals surface area contributed by atoms with Gasteiger partial charge in [0, 0.05) is 18.8 Å². The van der Waals surface area contributed by atoms with Gasteiger partial charge in [0.25, 0.3) is 0 Å². The minimum absolute atomic E-state index is 0.235. The lowest BCUT2D eigenvalue weighted by Gasteiger charge is -2.23. The normalized spacial score (nSPS) is 23.1. The van der Waals surface area contributed by atoms with Crippen LogP contribution >= 0.6 is 0 Å². The van der Waals surface area contributed by atoms with E-state index in [0.29, 0.717) is 19.5 Å². The third kappa shape index (κ3) is 2.44. The molecule has 18 heavy (non-hydrogen) atoms. The smallest absolute Gasteiger partial charge is 0.317 e. The van der Waals surface area contributed by atoms with E-state index in [1.165, 1.54) is 0 Å². The van der Waals surface area contributed by atoms with Crippen LogP contribution in [-0.4, -0.2) is 44.6 Å². The lowest BCUT2D eigenvalue weighted by molar-refractivity contribution is -0.142. The second-order valence-electron chi connectivity index (χ2n) is 4.40. The van der Waals surface area contributed by atoms with Crippen LogP contribution in [0.2, 0.25) is 0 Å². The van der Waals surface area contributed by atoms with E-state index < -0.39 is 11.9 Å². The van der Waals surface area contributed by atoms with E-state index in [9.17, 15) is 9.59 Å². The number of imidazole rings is 1. The Morgan fingerprint density at radius 3 is 3.00 bits per heavy atom. The molecule has 98 valence electrons. The zero-order chi connectivity index (χ0) is 13.1. The number of likely N-dealkylation sites (tertiary alicyclic amines) is 1. The van der Waals surface area contributed by atoms with Crippen LogP contribution in [0.1, 0.15) is 19.0 Å². The van der Waals surface area contributed by atoms with Crippen LogP contribution in [0.25, 0.3) is 0 Å². The molecule has 0 saturated carbocycles. The zero-order valence-electron chi connectivity index (χ0n) is 10.1. The monoisotopic (exact) mass is 252 g/mol. The molecule has 0 aliphatic carbocycles. The number of amides is 2. The molecule has 1 fully saturated rings. The third-order valence-corrected chi connectivity index (χ3v) is 3.32. The van der Waals surface area contributed by atoms with E-state index >= 15 is 0 Å². The molecule has 2 atom stereocenters. The molecular formula is C11H16N4O3. The number of nitrogens with zero attached hydrogens (tertiary/aromatic N) is 2. The van der Waals surface area contributed by atoms with Crippen molar-refractivity contribution in [1.82, 2.24) is 20.2 Å². The largest absolute Gasteiger partial charge is 0.481 e. The van der Waals surface area contributed by atoms with Crippen LogP contribution in [0.3, 0.4) is 0 Å². The van der Waals surface area contributed by atoms with Gasteiger partial charge < -0.3 is 20.3 Å². The Bertz CT molecular complexity index is 432. The van der Waals surface area contributed by atoms with Crippen LogP contribution in [0.15, 0.2) is 12.5 Å². The van der Waals surface area contributed by atoms with Gasteiger partial charge in [-0.15, -0.1) is 0 Å². The summed E-state index contributed by atoms with van der Waals surface area (Å²) in [5.41, 5.74) is 0.810. The highest BCUT2D eigenvalue weighted by Gasteiger charge is 2.37. The SMILES string of the molecule is CC1C(C(=O)O)CCN1C(=O)NCc1cnc[nH]1. The van der Waals surface area contributed by atoms with E-state index in [1.807, 2.05) is 0 Å². The highest BCUT2D eigenvalue weighted by atomic mass is 16.4. The van der Waals surface area contributed by atoms with E-state index in [4.69, 9.17) is 5.11 Å². The van der Waals surface area contributed by atoms with Crippen LogP contribution in [0.4, 0.5) is 4.79 Å². The fourth-order valence-electron chi connectivity index (χ4n) is 2.21. The van der Waals surface area contributed by atoms with E-state index in [2.05, 4.69) is 15.3 Å². The number of carbonyl (C=O) groups excluding carboxylic acids is 1. The minimum Gasteiger partial charge on any atom is -0.481 e. The Hall–Kier alpha value is -2.05. The number of urea groups is 1. The Labute approximate surface area is 104 Å². The van der Waals surface area contributed by atoms with Crippen molar-refractivity contribution in [3.05, 3.63) is 18.2 Å². The van der Waals surface area contributed by atoms with Gasteiger partial charge >= 0.3 is 12.0 Å². The first-order chi connectivity index (χ1) is 8.59. The van der Waals surface area contributed by atoms with Gasteiger partial charge in [0.15, 0.2) is 0 Å². The first-order valence-corrected chi connectivity index (χ1v) is 5.84. The van der Waals surface area contributed by atoms with Crippen molar-refractivity contribution in [3.8, 4) is 0 Å². The van der Waals surface area contributed by atoms with Gasteiger partial charge in [0.05, 0.1) is 24.5 Å². The van der Waals surface area contributed by atoms with E-state index in [0.717, 1.165) is 5.69 Å². The Kier molecular flexibility index (Phi) is 3.50. The summed E-state index contributed by atoms with van der Waals surface area (Å²) in [6, 6.07) is -0.509. The summed E-state index contributed by atoms with van der Waals surface area (Å²) in [6.45, 7) is 2.61. The average Bonchev–Trinajstić information content (AvgIpc) is 2.94. The summed E-state index contributed by atoms with van der Waals surface area (Å²) < 4.78 is 0. The first kappa shape index (κ1) is 12.4. The number of aromatic nitrogens is 2. The molecule has 1 aliphatic heterocycles. The van der Waals surface area contributed by atoms with E-state index in [-0.39, 0.29) is 12.1 Å². The second kappa shape index (κ2) is 5.07. The molecular weight excluding hydrogens is 236 g/mol. The van der Waals surface area contributed by atoms with Crippen LogP contribution < -0.4 is 5.32 Å². The fraction of sp³-hybridized carbons (Fsp3) is 0.545. The number of aliphatic carboxylic acids is 1. The summed E-state index contributed by atoms with van der Waals surface area (Å²) in [5, 5.41) is 11.7. The molecule has 2 rings (SSSR count). The van der Waals surface area contributed by atoms with Gasteiger partial charge in [-0.2, -0.15) is 0 Å². The standard InChI is InChI=1S/C11H16N4O3/c1-7-9(10(16)17)2-3-15(7)11(18)13-5-8-4-12-6-14-8/h4,6-7,9H,2-3,5H2,1H3,(H,12,14)(H,13,18)(H,16,17). The molecule has 0 aromatic carbocycles. The van der Waals surface area contributed by atoms with Crippen molar-refractivity contribution < 1.29 is 14.7 Å². The molecule has 7 nitrogen and oxygen atoms in total. The highest BCUT2D eigenvalue weighted by molar-refractivity contribution is 5.78. The lowest BCUT2D eigenvalue weighted by atomic mass is 10.0. The predicted octanol–water partition coefficient (Wildman–Crippen LogP) is 0.414. The molecule has 0 bridgehead atoms. The fourth-order valence-corrected chi connectivity index (χ4v) is 2.21. The van der Waals surface area contributed by atoms with Crippen LogP contribution in [-0.2, 0) is 11.3 Å². The number of nitrogens with one attached hydrogen (secondary N) is 2. The Morgan fingerprint density at radius 1 is 1.67 bits per heavy atom. The molecule has 1 aromatic rings. The second-order valence-corrected chi connectivity index (χ2v) is 4.40. The quantitative estimate of drug-likeness (QED) is 0.725. The van der Waals surface area contributed by atoms with Crippen molar-refractivity contribution in [3.63, 3.8) is 0 Å². The van der Waals surface area contributed by atoms with Gasteiger partial charge in [-0.05, 0) is 13.3 Å². The summed E-state index contributed by atoms with van der Waals surface area (Å²) in [5.74, 6) is -1.31. The number of carbonyl (C=O) groups is 2. The number of H-pyrrole nitrogens is 1. The number of aromatic amines is 1. The molecule has 2 unspecified atom stereocenters. The number of rotatable bonds is 3. The third-order valence-electron chi connectivity index (χ3n) is 3.32. The lowest BCUT2D eigenvalue weighted by Crippen LogP contribution is -2.43. The first-order valence-electron chi connectivity index (χ1n) is 5.84. The molecule has 2 amide bonds. The van der Waals surface area contributed by atoms with Gasteiger partial charge in [-0.25, -0.2) is 9.78 Å². The number of carboxylic acid groups (broad SMARTS) is 1. The number of hydrogen-bond donors (Lipinski definition) is 3. The number of carboxylic acids is 1. The molecule has 0 radical (unpaired) electrons. The maximum atomic E-state index is 11.9. The maximum absolute atomic E-state index is 11.9. The van der Waals surface area contributed by atoms with Crippen molar-refractivity contribution in [2.45, 2.75) is 25.9 Å². The van der Waals surface area contributed by atoms with Crippen molar-refractivity contribution in [1.29, 1.82) is 0 Å². The van der Waals surface area contributed by atoms with Gasteiger partial charge in [-0.3, -0.25) is 4.79 Å². The summed E-state index contributed by atoms with van der Waals surface area (Å²) >= 11 is 0. The molecule has 0 spiro atoms. The maximum Gasteiger partial charge on any atom is 0.317 e. The minimum atomic E-state index is -0.841. The average molecular weight is 252 g/mol. The highest BCUT2D eigenvalue weighted by Crippen LogP contribution is 2.24. The molecule has 1 aromatic heterocycles. The molecule has 1 aliphatic rings. The zero-order valence-corrected chi connectivity index (χ0v) is 10.1. The molecule has 2 heterocycles. The van der Waals surface area contributed by atoms with Gasteiger partial charge in [0.2, 0.25) is 0 Å².